The lowest BCUT2D eigenvalue weighted by Crippen LogP contribution is -2.15. The van der Waals surface area contributed by atoms with Gasteiger partial charge in [0.15, 0.2) is 0 Å². The molecular weight excluding hydrogens is 200 g/mol. The Morgan fingerprint density at radius 1 is 1.31 bits per heavy atom. The molecule has 1 N–H and O–H groups in total. The maximum absolute atomic E-state index is 4.52. The van der Waals surface area contributed by atoms with E-state index < -0.39 is 0 Å². The summed E-state index contributed by atoms with van der Waals surface area (Å²) in [5.74, 6) is 2.11. The number of nitrogens with one attached hydrogen (secondary N) is 1. The van der Waals surface area contributed by atoms with Gasteiger partial charge in [0.25, 0.3) is 0 Å². The highest BCUT2D eigenvalue weighted by Crippen LogP contribution is 2.18. The van der Waals surface area contributed by atoms with E-state index in [1.165, 1.54) is 0 Å². The molecule has 0 aromatic carbocycles. The average molecular weight is 222 g/mol. The summed E-state index contributed by atoms with van der Waals surface area (Å²) in [5, 5.41) is 3.31. The molecule has 0 aliphatic carbocycles. The van der Waals surface area contributed by atoms with E-state index in [2.05, 4.69) is 36.1 Å². The van der Waals surface area contributed by atoms with Crippen molar-refractivity contribution < 1.29 is 0 Å². The molecule has 0 saturated heterocycles. The zero-order valence-electron chi connectivity index (χ0n) is 10.9. The molecule has 0 bridgehead atoms. The Bertz CT molecular complexity index is 308. The highest BCUT2D eigenvalue weighted by Gasteiger charge is 2.08. The molecular formula is C12H22N4. The molecule has 1 rings (SSSR count). The van der Waals surface area contributed by atoms with Crippen molar-refractivity contribution in [3.8, 4) is 0 Å². The average Bonchev–Trinajstić information content (AvgIpc) is 2.25. The molecule has 0 radical (unpaired) electrons. The van der Waals surface area contributed by atoms with Crippen LogP contribution in [0.5, 0.6) is 0 Å². The quantitative estimate of drug-likeness (QED) is 0.831. The Morgan fingerprint density at radius 2 is 2.00 bits per heavy atom. The fourth-order valence-corrected chi connectivity index (χ4v) is 1.29. The van der Waals surface area contributed by atoms with E-state index in [1.807, 2.05) is 25.1 Å². The number of hydrogen-bond donors (Lipinski definition) is 1. The number of anilines is 2. The Labute approximate surface area is 98.1 Å². The summed E-state index contributed by atoms with van der Waals surface area (Å²) in [6.07, 6.45) is 1.10. The van der Waals surface area contributed by atoms with Crippen molar-refractivity contribution in [2.45, 2.75) is 33.1 Å². The SMILES string of the molecule is CCCNc1cc(C(C)C)nc(N(C)C)n1. The minimum absolute atomic E-state index is 0.420. The molecule has 0 spiro atoms. The molecule has 0 unspecified atom stereocenters. The summed E-state index contributed by atoms with van der Waals surface area (Å²) in [6, 6.07) is 2.04. The second kappa shape index (κ2) is 5.68. The van der Waals surface area contributed by atoms with Crippen LogP contribution in [-0.2, 0) is 0 Å². The number of rotatable bonds is 5. The molecule has 1 aromatic rings. The standard InChI is InChI=1S/C12H22N4/c1-6-7-13-11-8-10(9(2)3)14-12(15-11)16(4)5/h8-9H,6-7H2,1-5H3,(H,13,14,15). The molecule has 0 saturated carbocycles. The molecule has 1 aromatic heterocycles. The molecule has 1 heterocycles. The maximum Gasteiger partial charge on any atom is 0.227 e. The third kappa shape index (κ3) is 3.36. The lowest BCUT2D eigenvalue weighted by atomic mass is 10.1. The van der Waals surface area contributed by atoms with Crippen LogP contribution >= 0.6 is 0 Å². The van der Waals surface area contributed by atoms with Crippen LogP contribution in [-0.4, -0.2) is 30.6 Å². The summed E-state index contributed by atoms with van der Waals surface area (Å²) in [6.45, 7) is 7.38. The van der Waals surface area contributed by atoms with E-state index in [1.54, 1.807) is 0 Å². The van der Waals surface area contributed by atoms with Crippen molar-refractivity contribution in [1.82, 2.24) is 9.97 Å². The number of nitrogens with zero attached hydrogens (tertiary/aromatic N) is 3. The van der Waals surface area contributed by atoms with Crippen molar-refractivity contribution in [3.63, 3.8) is 0 Å². The minimum atomic E-state index is 0.420. The van der Waals surface area contributed by atoms with Gasteiger partial charge in [0, 0.05) is 26.7 Å². The molecule has 0 aliphatic heterocycles. The first-order valence-corrected chi connectivity index (χ1v) is 5.84. The summed E-state index contributed by atoms with van der Waals surface area (Å²) in [4.78, 5) is 10.9. The smallest absolute Gasteiger partial charge is 0.227 e. The van der Waals surface area contributed by atoms with Crippen LogP contribution in [0, 0.1) is 0 Å². The van der Waals surface area contributed by atoms with Gasteiger partial charge in [0.2, 0.25) is 5.95 Å². The first kappa shape index (κ1) is 12.7. The van der Waals surface area contributed by atoms with Gasteiger partial charge in [-0.3, -0.25) is 0 Å². The Hall–Kier alpha value is -1.32. The van der Waals surface area contributed by atoms with Gasteiger partial charge in [0.05, 0.1) is 5.69 Å². The summed E-state index contributed by atoms with van der Waals surface area (Å²) < 4.78 is 0. The largest absolute Gasteiger partial charge is 0.370 e. The van der Waals surface area contributed by atoms with Crippen LogP contribution in [0.3, 0.4) is 0 Å². The van der Waals surface area contributed by atoms with Gasteiger partial charge in [-0.2, -0.15) is 4.98 Å². The van der Waals surface area contributed by atoms with Crippen LogP contribution in [0.2, 0.25) is 0 Å². The van der Waals surface area contributed by atoms with Gasteiger partial charge in [-0.15, -0.1) is 0 Å². The Balaban J connectivity index is 2.99. The summed E-state index contributed by atoms with van der Waals surface area (Å²) >= 11 is 0. The van der Waals surface area contributed by atoms with Crippen LogP contribution in [0.4, 0.5) is 11.8 Å². The van der Waals surface area contributed by atoms with Crippen LogP contribution in [0.15, 0.2) is 6.07 Å². The molecule has 4 nitrogen and oxygen atoms in total. The third-order valence-corrected chi connectivity index (χ3v) is 2.28. The summed E-state index contributed by atoms with van der Waals surface area (Å²) in [7, 11) is 3.92. The molecule has 4 heteroatoms. The van der Waals surface area contributed by atoms with Gasteiger partial charge in [-0.05, 0) is 12.3 Å². The number of hydrogen-bond acceptors (Lipinski definition) is 4. The second-order valence-corrected chi connectivity index (χ2v) is 4.45. The van der Waals surface area contributed by atoms with Crippen molar-refractivity contribution in [2.75, 3.05) is 30.9 Å². The molecule has 0 fully saturated rings. The van der Waals surface area contributed by atoms with Gasteiger partial charge in [-0.1, -0.05) is 20.8 Å². The lowest BCUT2D eigenvalue weighted by molar-refractivity contribution is 0.805. The van der Waals surface area contributed by atoms with Gasteiger partial charge >= 0.3 is 0 Å². The predicted molar refractivity (Wildman–Crippen MR) is 69.2 cm³/mol. The van der Waals surface area contributed by atoms with Gasteiger partial charge < -0.3 is 10.2 Å². The normalized spacial score (nSPS) is 10.6. The molecule has 16 heavy (non-hydrogen) atoms. The van der Waals surface area contributed by atoms with E-state index in [0.717, 1.165) is 30.4 Å². The molecule has 0 amide bonds. The lowest BCUT2D eigenvalue weighted by Gasteiger charge is -2.15. The third-order valence-electron chi connectivity index (χ3n) is 2.28. The van der Waals surface area contributed by atoms with E-state index in [4.69, 9.17) is 0 Å². The first-order valence-electron chi connectivity index (χ1n) is 5.84. The summed E-state index contributed by atoms with van der Waals surface area (Å²) in [5.41, 5.74) is 1.08. The first-order chi connectivity index (χ1) is 7.54. The molecule has 90 valence electrons. The zero-order chi connectivity index (χ0) is 12.1. The highest BCUT2D eigenvalue weighted by atomic mass is 15.2. The Kier molecular flexibility index (Phi) is 4.52. The minimum Gasteiger partial charge on any atom is -0.370 e. The predicted octanol–water partition coefficient (Wildman–Crippen LogP) is 2.49. The fourth-order valence-electron chi connectivity index (χ4n) is 1.29. The van der Waals surface area contributed by atoms with Crippen molar-refractivity contribution in [1.29, 1.82) is 0 Å². The van der Waals surface area contributed by atoms with Crippen LogP contribution in [0.25, 0.3) is 0 Å². The molecule has 0 atom stereocenters. The topological polar surface area (TPSA) is 41.1 Å². The van der Waals surface area contributed by atoms with Gasteiger partial charge in [-0.25, -0.2) is 4.98 Å². The highest BCUT2D eigenvalue weighted by molar-refractivity contribution is 5.43. The van der Waals surface area contributed by atoms with E-state index in [-0.39, 0.29) is 0 Å². The second-order valence-electron chi connectivity index (χ2n) is 4.45. The van der Waals surface area contributed by atoms with E-state index in [0.29, 0.717) is 5.92 Å². The van der Waals surface area contributed by atoms with Crippen LogP contribution in [0.1, 0.15) is 38.8 Å². The van der Waals surface area contributed by atoms with Crippen molar-refractivity contribution >= 4 is 11.8 Å². The number of aromatic nitrogens is 2. The van der Waals surface area contributed by atoms with Crippen molar-refractivity contribution in [2.24, 2.45) is 0 Å². The molecule has 0 aliphatic rings. The van der Waals surface area contributed by atoms with E-state index in [9.17, 15) is 0 Å². The fraction of sp³-hybridized carbons (Fsp3) is 0.667. The monoisotopic (exact) mass is 222 g/mol. The van der Waals surface area contributed by atoms with Crippen molar-refractivity contribution in [3.05, 3.63) is 11.8 Å². The maximum atomic E-state index is 4.52. The zero-order valence-corrected chi connectivity index (χ0v) is 10.9. The van der Waals surface area contributed by atoms with Gasteiger partial charge in [0.1, 0.15) is 5.82 Å². The Morgan fingerprint density at radius 3 is 2.50 bits per heavy atom. The van der Waals surface area contributed by atoms with Crippen LogP contribution < -0.4 is 10.2 Å². The van der Waals surface area contributed by atoms with E-state index >= 15 is 0 Å².